The van der Waals surface area contributed by atoms with Gasteiger partial charge in [0, 0.05) is 26.6 Å². The smallest absolute Gasteiger partial charge is 0.0610 e. The number of rotatable bonds is 4. The van der Waals surface area contributed by atoms with Crippen LogP contribution >= 0.6 is 11.8 Å². The van der Waals surface area contributed by atoms with Gasteiger partial charge in [0.25, 0.3) is 0 Å². The first-order chi connectivity index (χ1) is 24.2. The predicted molar refractivity (Wildman–Crippen MR) is 210 cm³/mol. The number of anilines is 3. The highest BCUT2D eigenvalue weighted by atomic mass is 32.2. The van der Waals surface area contributed by atoms with Gasteiger partial charge in [-0.05, 0) is 155 Å². The fourth-order valence-electron chi connectivity index (χ4n) is 11.7. The topological polar surface area (TPSA) is 3.24 Å². The summed E-state index contributed by atoms with van der Waals surface area (Å²) in [6, 6.07) is 44.6. The highest BCUT2D eigenvalue weighted by molar-refractivity contribution is 7.99. The molecule has 5 aromatic rings. The highest BCUT2D eigenvalue weighted by Crippen LogP contribution is 2.70. The molecule has 1 nitrogen and oxygen atoms in total. The van der Waals surface area contributed by atoms with Gasteiger partial charge in [-0.25, -0.2) is 0 Å². The number of benzene rings is 5. The van der Waals surface area contributed by atoms with Crippen molar-refractivity contribution < 1.29 is 0 Å². The van der Waals surface area contributed by atoms with E-state index in [2.05, 4.69) is 148 Å². The van der Waals surface area contributed by atoms with E-state index in [1.807, 2.05) is 11.8 Å². The Morgan fingerprint density at radius 3 is 1.84 bits per heavy atom. The Kier molecular flexibility index (Phi) is 6.90. The van der Waals surface area contributed by atoms with Crippen LogP contribution in [0.2, 0.25) is 0 Å². The lowest BCUT2D eigenvalue weighted by Crippen LogP contribution is -2.57. The minimum absolute atomic E-state index is 0.0639. The van der Waals surface area contributed by atoms with Crippen molar-refractivity contribution >= 4 is 28.8 Å². The molecule has 4 fully saturated rings. The van der Waals surface area contributed by atoms with E-state index in [4.69, 9.17) is 0 Å². The standard InChI is InChI=1S/C48H49NS/c1-46(2)21-22-47(3,4)41-30-38(19-20-39(41)46)49(37-15-9-6-10-16-37)43-29-34(33-13-7-5-8-14-33)28-42-45(43)50-44-18-12-11-17-40(44)48(42)35-24-31-23-32(26-35)27-36(48)25-31/h5-20,28-32,35-36H,21-27H2,1-4H3. The molecule has 2 heteroatoms. The summed E-state index contributed by atoms with van der Waals surface area (Å²) in [5.41, 5.74) is 13.1. The first-order valence-electron chi connectivity index (χ1n) is 19.2. The molecule has 0 unspecified atom stereocenters. The van der Waals surface area contributed by atoms with E-state index in [9.17, 15) is 0 Å². The summed E-state index contributed by atoms with van der Waals surface area (Å²) in [7, 11) is 0. The molecule has 0 N–H and O–H groups in total. The Morgan fingerprint density at radius 1 is 0.520 bits per heavy atom. The van der Waals surface area contributed by atoms with Crippen molar-refractivity contribution in [3.05, 3.63) is 138 Å². The first kappa shape index (κ1) is 31.0. The van der Waals surface area contributed by atoms with Crippen LogP contribution in [0.3, 0.4) is 0 Å². The van der Waals surface area contributed by atoms with Gasteiger partial charge in [-0.1, -0.05) is 112 Å². The van der Waals surface area contributed by atoms with Gasteiger partial charge in [0.2, 0.25) is 0 Å². The fraction of sp³-hybridized carbons (Fsp3) is 0.375. The van der Waals surface area contributed by atoms with Crippen LogP contribution in [0.5, 0.6) is 0 Å². The summed E-state index contributed by atoms with van der Waals surface area (Å²) in [4.78, 5) is 5.56. The van der Waals surface area contributed by atoms with Crippen molar-refractivity contribution in [3.63, 3.8) is 0 Å². The Balaban J connectivity index is 1.28. The average Bonchev–Trinajstić information content (AvgIpc) is 3.13. The summed E-state index contributed by atoms with van der Waals surface area (Å²) in [6.07, 6.45) is 9.44. The molecule has 1 heterocycles. The fourth-order valence-corrected chi connectivity index (χ4v) is 13.0. The molecule has 0 atom stereocenters. The number of hydrogen-bond donors (Lipinski definition) is 0. The molecular formula is C48H49NS. The predicted octanol–water partition coefficient (Wildman–Crippen LogP) is 13.4. The third kappa shape index (κ3) is 4.52. The molecule has 252 valence electrons. The highest BCUT2D eigenvalue weighted by Gasteiger charge is 2.61. The van der Waals surface area contributed by atoms with Crippen molar-refractivity contribution in [1.29, 1.82) is 0 Å². The molecule has 5 aliphatic carbocycles. The van der Waals surface area contributed by atoms with Crippen molar-refractivity contribution in [2.45, 2.75) is 98.7 Å². The van der Waals surface area contributed by atoms with Crippen LogP contribution in [0, 0.1) is 23.7 Å². The number of nitrogens with zero attached hydrogens (tertiary/aromatic N) is 1. The summed E-state index contributed by atoms with van der Waals surface area (Å²) in [5, 5.41) is 0. The van der Waals surface area contributed by atoms with E-state index < -0.39 is 0 Å². The van der Waals surface area contributed by atoms with Crippen molar-refractivity contribution in [2.24, 2.45) is 23.7 Å². The molecule has 4 saturated carbocycles. The zero-order valence-electron chi connectivity index (χ0n) is 30.1. The van der Waals surface area contributed by atoms with Crippen LogP contribution in [0.4, 0.5) is 17.1 Å². The van der Waals surface area contributed by atoms with Gasteiger partial charge in [0.1, 0.15) is 0 Å². The van der Waals surface area contributed by atoms with Gasteiger partial charge in [-0.15, -0.1) is 0 Å². The van der Waals surface area contributed by atoms with Gasteiger partial charge in [0.05, 0.1) is 5.69 Å². The molecule has 50 heavy (non-hydrogen) atoms. The molecule has 0 amide bonds. The van der Waals surface area contributed by atoms with Crippen molar-refractivity contribution in [1.82, 2.24) is 0 Å². The molecular weight excluding hydrogens is 623 g/mol. The Hall–Kier alpha value is -3.75. The van der Waals surface area contributed by atoms with E-state index in [0.717, 1.165) is 11.8 Å². The maximum absolute atomic E-state index is 2.65. The molecule has 0 saturated heterocycles. The normalized spacial score (nSPS) is 27.8. The van der Waals surface area contributed by atoms with Gasteiger partial charge in [-0.3, -0.25) is 0 Å². The van der Waals surface area contributed by atoms with Gasteiger partial charge < -0.3 is 4.90 Å². The molecule has 0 aromatic heterocycles. The minimum Gasteiger partial charge on any atom is -0.309 e. The van der Waals surface area contributed by atoms with Crippen molar-refractivity contribution in [2.75, 3.05) is 4.90 Å². The van der Waals surface area contributed by atoms with E-state index in [1.165, 1.54) is 94.1 Å². The Morgan fingerprint density at radius 2 is 1.14 bits per heavy atom. The quantitative estimate of drug-likeness (QED) is 0.187. The van der Waals surface area contributed by atoms with Gasteiger partial charge >= 0.3 is 0 Å². The zero-order valence-corrected chi connectivity index (χ0v) is 30.9. The summed E-state index contributed by atoms with van der Waals surface area (Å²) in [6.45, 7) is 9.79. The molecule has 5 aromatic carbocycles. The number of fused-ring (bicyclic) bond motifs is 3. The molecule has 11 rings (SSSR count). The molecule has 6 aliphatic rings. The lowest BCUT2D eigenvalue weighted by atomic mass is 9.42. The van der Waals surface area contributed by atoms with E-state index in [-0.39, 0.29) is 16.2 Å². The van der Waals surface area contributed by atoms with Crippen LogP contribution in [0.25, 0.3) is 11.1 Å². The van der Waals surface area contributed by atoms with Gasteiger partial charge in [-0.2, -0.15) is 0 Å². The van der Waals surface area contributed by atoms with E-state index >= 15 is 0 Å². The monoisotopic (exact) mass is 671 g/mol. The molecule has 1 spiro atoms. The second-order valence-electron chi connectivity index (χ2n) is 17.7. The summed E-state index contributed by atoms with van der Waals surface area (Å²) >= 11 is 2.04. The Bertz CT molecular complexity index is 2080. The molecule has 1 aliphatic heterocycles. The Labute approximate surface area is 303 Å². The average molecular weight is 672 g/mol. The van der Waals surface area contributed by atoms with Crippen LogP contribution < -0.4 is 4.90 Å². The van der Waals surface area contributed by atoms with E-state index in [1.54, 1.807) is 11.1 Å². The third-order valence-electron chi connectivity index (χ3n) is 13.9. The first-order valence-corrected chi connectivity index (χ1v) is 20.1. The number of hydrogen-bond acceptors (Lipinski definition) is 2. The maximum Gasteiger partial charge on any atom is 0.0610 e. The minimum atomic E-state index is 0.0639. The molecule has 4 bridgehead atoms. The van der Waals surface area contributed by atoms with Crippen LogP contribution in [-0.4, -0.2) is 0 Å². The lowest BCUT2D eigenvalue weighted by molar-refractivity contribution is -0.0443. The lowest BCUT2D eigenvalue weighted by Gasteiger charge is -2.63. The maximum atomic E-state index is 2.65. The summed E-state index contributed by atoms with van der Waals surface area (Å²) in [5.74, 6) is 3.23. The summed E-state index contributed by atoms with van der Waals surface area (Å²) < 4.78 is 0. The zero-order chi connectivity index (χ0) is 33.8. The number of para-hydroxylation sites is 1. The van der Waals surface area contributed by atoms with E-state index in [0.29, 0.717) is 11.8 Å². The SMILES string of the molecule is CC1(C)CCC(C)(C)c2cc(N(c3ccccc3)c3cc(-c4ccccc4)cc4c3Sc3ccccc3C43C4CC5CC(C4)CC3C5)ccc21. The molecule has 0 radical (unpaired) electrons. The van der Waals surface area contributed by atoms with Gasteiger partial charge in [0.15, 0.2) is 0 Å². The van der Waals surface area contributed by atoms with Crippen molar-refractivity contribution in [3.8, 4) is 11.1 Å². The van der Waals surface area contributed by atoms with Crippen LogP contribution in [-0.2, 0) is 16.2 Å². The van der Waals surface area contributed by atoms with Crippen LogP contribution in [0.15, 0.2) is 125 Å². The largest absolute Gasteiger partial charge is 0.309 e. The third-order valence-corrected chi connectivity index (χ3v) is 15.2. The second-order valence-corrected chi connectivity index (χ2v) is 18.7. The second kappa shape index (κ2) is 11.1. The van der Waals surface area contributed by atoms with Crippen LogP contribution in [0.1, 0.15) is 94.9 Å².